The van der Waals surface area contributed by atoms with Gasteiger partial charge in [0.1, 0.15) is 24.0 Å². The zero-order valence-electron chi connectivity index (χ0n) is 17.1. The van der Waals surface area contributed by atoms with Crippen LogP contribution in [0.4, 0.5) is 5.69 Å². The van der Waals surface area contributed by atoms with E-state index in [1.54, 1.807) is 24.3 Å². The van der Waals surface area contributed by atoms with Crippen molar-refractivity contribution >= 4 is 45.2 Å². The van der Waals surface area contributed by atoms with Crippen molar-refractivity contribution in [3.8, 4) is 11.8 Å². The molecule has 3 aromatic rings. The molecule has 1 N–H and O–H groups in total. The molecule has 0 aliphatic heterocycles. The van der Waals surface area contributed by atoms with E-state index in [-0.39, 0.29) is 5.57 Å². The van der Waals surface area contributed by atoms with Crippen molar-refractivity contribution < 1.29 is 9.53 Å². The Balaban J connectivity index is 1.83. The first kappa shape index (κ1) is 22.6. The first-order valence-corrected chi connectivity index (χ1v) is 10.7. The van der Waals surface area contributed by atoms with Gasteiger partial charge in [0.25, 0.3) is 5.91 Å². The lowest BCUT2D eigenvalue weighted by atomic mass is 10.1. The minimum Gasteiger partial charge on any atom is -0.488 e. The van der Waals surface area contributed by atoms with Gasteiger partial charge in [0.2, 0.25) is 0 Å². The smallest absolute Gasteiger partial charge is 0.266 e. The van der Waals surface area contributed by atoms with Crippen LogP contribution in [0.5, 0.6) is 5.75 Å². The van der Waals surface area contributed by atoms with Gasteiger partial charge in [0.15, 0.2) is 0 Å². The van der Waals surface area contributed by atoms with Crippen LogP contribution in [-0.4, -0.2) is 5.91 Å². The fraction of sp³-hybridized carbons (Fsp3) is 0.120. The summed E-state index contributed by atoms with van der Waals surface area (Å²) in [6, 6.07) is 20.4. The molecular weight excluding hydrogens is 476 g/mol. The van der Waals surface area contributed by atoms with Crippen LogP contribution in [0.2, 0.25) is 5.02 Å². The Bertz CT molecular complexity index is 1160. The van der Waals surface area contributed by atoms with E-state index >= 15 is 0 Å². The fourth-order valence-electron chi connectivity index (χ4n) is 3.11. The summed E-state index contributed by atoms with van der Waals surface area (Å²) in [5, 5.41) is 12.8. The molecule has 0 aliphatic rings. The van der Waals surface area contributed by atoms with E-state index in [0.29, 0.717) is 28.6 Å². The lowest BCUT2D eigenvalue weighted by molar-refractivity contribution is -0.112. The van der Waals surface area contributed by atoms with Gasteiger partial charge < -0.3 is 10.1 Å². The molecule has 4 nitrogen and oxygen atoms in total. The summed E-state index contributed by atoms with van der Waals surface area (Å²) < 4.78 is 6.84. The highest BCUT2D eigenvalue weighted by molar-refractivity contribution is 9.10. The quantitative estimate of drug-likeness (QED) is 0.301. The Kier molecular flexibility index (Phi) is 7.51. The number of hydrogen-bond donors (Lipinski definition) is 1. The topological polar surface area (TPSA) is 62.1 Å². The molecule has 0 atom stereocenters. The van der Waals surface area contributed by atoms with Crippen molar-refractivity contribution in [2.45, 2.75) is 20.5 Å². The summed E-state index contributed by atoms with van der Waals surface area (Å²) in [4.78, 5) is 12.6. The van der Waals surface area contributed by atoms with Crippen molar-refractivity contribution in [3.63, 3.8) is 0 Å². The van der Waals surface area contributed by atoms with Crippen LogP contribution < -0.4 is 10.1 Å². The maximum absolute atomic E-state index is 12.6. The Morgan fingerprint density at radius 1 is 1.10 bits per heavy atom. The molecule has 0 heterocycles. The van der Waals surface area contributed by atoms with Gasteiger partial charge in [0.05, 0.1) is 0 Å². The predicted molar refractivity (Wildman–Crippen MR) is 128 cm³/mol. The molecule has 156 valence electrons. The second kappa shape index (κ2) is 10.3. The normalized spacial score (nSPS) is 11.0. The average Bonchev–Trinajstić information content (AvgIpc) is 2.72. The number of halogens is 2. The summed E-state index contributed by atoms with van der Waals surface area (Å²) in [7, 11) is 0. The number of hydrogen-bond acceptors (Lipinski definition) is 3. The summed E-state index contributed by atoms with van der Waals surface area (Å²) in [6.07, 6.45) is 1.52. The van der Waals surface area contributed by atoms with Gasteiger partial charge in [-0.1, -0.05) is 56.9 Å². The molecular formula is C25H20BrClN2O2. The molecule has 3 aromatic carbocycles. The van der Waals surface area contributed by atoms with Crippen molar-refractivity contribution in [1.29, 1.82) is 5.26 Å². The standard InChI is InChI=1S/C25H20BrClN2O2/c1-16-9-17(2)11-18(10-16)15-31-24-8-3-21(26)13-19(24)12-20(14-28)25(30)29-23-6-4-22(27)5-7-23/h3-13H,15H2,1-2H3,(H,29,30)/b20-12+. The highest BCUT2D eigenvalue weighted by atomic mass is 79.9. The summed E-state index contributed by atoms with van der Waals surface area (Å²) in [6.45, 7) is 4.47. The van der Waals surface area contributed by atoms with E-state index in [2.05, 4.69) is 39.4 Å². The predicted octanol–water partition coefficient (Wildman–Crippen LogP) is 6.84. The number of aryl methyl sites for hydroxylation is 2. The van der Waals surface area contributed by atoms with E-state index < -0.39 is 5.91 Å². The van der Waals surface area contributed by atoms with Crippen molar-refractivity contribution in [2.24, 2.45) is 0 Å². The van der Waals surface area contributed by atoms with Gasteiger partial charge >= 0.3 is 0 Å². The zero-order chi connectivity index (χ0) is 22.4. The van der Waals surface area contributed by atoms with Crippen LogP contribution in [0.25, 0.3) is 6.08 Å². The SMILES string of the molecule is Cc1cc(C)cc(COc2ccc(Br)cc2/C=C(\C#N)C(=O)Nc2ccc(Cl)cc2)c1. The number of ether oxygens (including phenoxy) is 1. The Morgan fingerprint density at radius 3 is 2.42 bits per heavy atom. The molecule has 0 spiro atoms. The molecule has 31 heavy (non-hydrogen) atoms. The van der Waals surface area contributed by atoms with E-state index in [0.717, 1.165) is 10.0 Å². The summed E-state index contributed by atoms with van der Waals surface area (Å²) in [5.74, 6) is 0.0689. The Labute approximate surface area is 195 Å². The highest BCUT2D eigenvalue weighted by Gasteiger charge is 2.12. The second-order valence-corrected chi connectivity index (χ2v) is 8.45. The largest absolute Gasteiger partial charge is 0.488 e. The average molecular weight is 496 g/mol. The maximum Gasteiger partial charge on any atom is 0.266 e. The number of nitrogens with zero attached hydrogens (tertiary/aromatic N) is 1. The first-order valence-electron chi connectivity index (χ1n) is 9.52. The number of benzene rings is 3. The number of nitrogens with one attached hydrogen (secondary N) is 1. The van der Waals surface area contributed by atoms with Crippen molar-refractivity contribution in [3.05, 3.63) is 98.0 Å². The summed E-state index contributed by atoms with van der Waals surface area (Å²) >= 11 is 9.31. The monoisotopic (exact) mass is 494 g/mol. The molecule has 0 bridgehead atoms. The minimum absolute atomic E-state index is 0.0377. The van der Waals surface area contributed by atoms with Crippen LogP contribution in [0.3, 0.4) is 0 Å². The Hall–Kier alpha value is -3.07. The number of rotatable bonds is 6. The van der Waals surface area contributed by atoms with Gasteiger partial charge in [-0.05, 0) is 68.0 Å². The van der Waals surface area contributed by atoms with Gasteiger partial charge in [-0.25, -0.2) is 0 Å². The van der Waals surface area contributed by atoms with Gasteiger partial charge in [-0.15, -0.1) is 0 Å². The molecule has 0 aromatic heterocycles. The third-order valence-electron chi connectivity index (χ3n) is 4.41. The van der Waals surface area contributed by atoms with Gasteiger partial charge in [-0.2, -0.15) is 5.26 Å². The zero-order valence-corrected chi connectivity index (χ0v) is 19.4. The third-order valence-corrected chi connectivity index (χ3v) is 5.16. The molecule has 6 heteroatoms. The lowest BCUT2D eigenvalue weighted by Gasteiger charge is -2.12. The molecule has 0 radical (unpaired) electrons. The number of nitriles is 1. The highest BCUT2D eigenvalue weighted by Crippen LogP contribution is 2.27. The Morgan fingerprint density at radius 2 is 1.77 bits per heavy atom. The van der Waals surface area contributed by atoms with Crippen LogP contribution in [0, 0.1) is 25.2 Å². The van der Waals surface area contributed by atoms with E-state index in [1.807, 2.05) is 38.1 Å². The van der Waals surface area contributed by atoms with Gasteiger partial charge in [0, 0.05) is 20.7 Å². The van der Waals surface area contributed by atoms with Crippen LogP contribution in [-0.2, 0) is 11.4 Å². The molecule has 0 saturated carbocycles. The number of amides is 1. The third kappa shape index (κ3) is 6.45. The molecule has 0 saturated heterocycles. The molecule has 1 amide bonds. The molecule has 3 rings (SSSR count). The lowest BCUT2D eigenvalue weighted by Crippen LogP contribution is -2.13. The van der Waals surface area contributed by atoms with Gasteiger partial charge in [-0.3, -0.25) is 4.79 Å². The van der Waals surface area contributed by atoms with Crippen LogP contribution in [0.15, 0.2) is 70.7 Å². The number of anilines is 1. The fourth-order valence-corrected chi connectivity index (χ4v) is 3.62. The van der Waals surface area contributed by atoms with E-state index in [9.17, 15) is 10.1 Å². The minimum atomic E-state index is -0.509. The van der Waals surface area contributed by atoms with E-state index in [1.165, 1.54) is 17.2 Å². The molecule has 0 fully saturated rings. The second-order valence-electron chi connectivity index (χ2n) is 7.10. The first-order chi connectivity index (χ1) is 14.8. The van der Waals surface area contributed by atoms with E-state index in [4.69, 9.17) is 16.3 Å². The van der Waals surface area contributed by atoms with Crippen molar-refractivity contribution in [1.82, 2.24) is 0 Å². The maximum atomic E-state index is 12.6. The van der Waals surface area contributed by atoms with Crippen molar-refractivity contribution in [2.75, 3.05) is 5.32 Å². The van der Waals surface area contributed by atoms with Crippen LogP contribution in [0.1, 0.15) is 22.3 Å². The summed E-state index contributed by atoms with van der Waals surface area (Å²) in [5.41, 5.74) is 4.53. The number of carbonyl (C=O) groups is 1. The molecule has 0 unspecified atom stereocenters. The number of carbonyl (C=O) groups excluding carboxylic acids is 1. The van der Waals surface area contributed by atoms with Crippen LogP contribution >= 0.6 is 27.5 Å². The molecule has 0 aliphatic carbocycles.